The number of piperazine rings is 1. The van der Waals surface area contributed by atoms with Crippen molar-refractivity contribution in [2.75, 3.05) is 26.2 Å². The van der Waals surface area contributed by atoms with Crippen LogP contribution in [-0.4, -0.2) is 36.2 Å². The smallest absolute Gasteiger partial charge is 0.123 e. The van der Waals surface area contributed by atoms with E-state index in [1.54, 1.807) is 0 Å². The zero-order chi connectivity index (χ0) is 15.5. The molecule has 1 aliphatic carbocycles. The standard InChI is InChI=1S/C18H27ClN2O.2ClH/c1-13-11-15(19)12-16(18(13)22)17(14-5-3-2-4-6-14)21-9-7-20-8-10-21;;/h11-12,14,17,20,22H,2-10H2,1H3;2*1H/t17-;;/m1../s1. The van der Waals surface area contributed by atoms with Gasteiger partial charge in [-0.15, -0.1) is 24.8 Å². The summed E-state index contributed by atoms with van der Waals surface area (Å²) in [5.41, 5.74) is 1.93. The Morgan fingerprint density at radius 3 is 2.38 bits per heavy atom. The van der Waals surface area contributed by atoms with E-state index in [1.165, 1.54) is 32.1 Å². The second kappa shape index (κ2) is 10.1. The predicted octanol–water partition coefficient (Wildman–Crippen LogP) is 4.72. The monoisotopic (exact) mass is 394 g/mol. The number of nitrogens with one attached hydrogen (secondary N) is 1. The van der Waals surface area contributed by atoms with E-state index in [-0.39, 0.29) is 24.8 Å². The van der Waals surface area contributed by atoms with E-state index in [0.717, 1.165) is 42.3 Å². The SMILES string of the molecule is Cc1cc(Cl)cc([C@@H](C2CCCCC2)N2CCNCC2)c1O.Cl.Cl. The normalized spacial score (nSPS) is 20.8. The second-order valence-electron chi connectivity index (χ2n) is 6.79. The van der Waals surface area contributed by atoms with Crippen LogP contribution >= 0.6 is 36.4 Å². The zero-order valence-electron chi connectivity index (χ0n) is 14.3. The Hall–Kier alpha value is -0.190. The molecule has 0 bridgehead atoms. The summed E-state index contributed by atoms with van der Waals surface area (Å²) in [6, 6.07) is 4.15. The number of hydrogen-bond acceptors (Lipinski definition) is 3. The van der Waals surface area contributed by atoms with E-state index in [4.69, 9.17) is 11.6 Å². The van der Waals surface area contributed by atoms with Gasteiger partial charge in [-0.25, -0.2) is 0 Å². The largest absolute Gasteiger partial charge is 0.507 e. The first kappa shape index (κ1) is 21.9. The molecular formula is C18H29Cl3N2O. The fourth-order valence-corrected chi connectivity index (χ4v) is 4.43. The number of aryl methyl sites for hydroxylation is 1. The molecule has 138 valence electrons. The second-order valence-corrected chi connectivity index (χ2v) is 7.23. The highest BCUT2D eigenvalue weighted by molar-refractivity contribution is 6.30. The maximum absolute atomic E-state index is 10.7. The van der Waals surface area contributed by atoms with Gasteiger partial charge in [0.25, 0.3) is 0 Å². The minimum Gasteiger partial charge on any atom is -0.507 e. The third-order valence-corrected chi connectivity index (χ3v) is 5.47. The first-order valence-corrected chi connectivity index (χ1v) is 8.98. The minimum atomic E-state index is 0. The van der Waals surface area contributed by atoms with Crippen LogP contribution in [0.3, 0.4) is 0 Å². The average Bonchev–Trinajstić information content (AvgIpc) is 2.54. The number of aromatic hydroxyl groups is 1. The molecule has 0 spiro atoms. The molecule has 1 saturated carbocycles. The van der Waals surface area contributed by atoms with Gasteiger partial charge in [-0.3, -0.25) is 4.90 Å². The summed E-state index contributed by atoms with van der Waals surface area (Å²) in [5, 5.41) is 14.8. The van der Waals surface area contributed by atoms with E-state index in [1.807, 2.05) is 19.1 Å². The van der Waals surface area contributed by atoms with Crippen molar-refractivity contribution in [1.82, 2.24) is 10.2 Å². The summed E-state index contributed by atoms with van der Waals surface area (Å²) < 4.78 is 0. The molecule has 2 N–H and O–H groups in total. The molecule has 2 aliphatic rings. The van der Waals surface area contributed by atoms with Crippen LogP contribution in [0.4, 0.5) is 0 Å². The van der Waals surface area contributed by atoms with Crippen LogP contribution < -0.4 is 5.32 Å². The van der Waals surface area contributed by atoms with E-state index < -0.39 is 0 Å². The highest BCUT2D eigenvalue weighted by Crippen LogP contribution is 2.43. The Labute approximate surface area is 163 Å². The minimum absolute atomic E-state index is 0. The number of halogens is 3. The van der Waals surface area contributed by atoms with Crippen LogP contribution in [0, 0.1) is 12.8 Å². The molecule has 3 rings (SSSR count). The number of nitrogens with zero attached hydrogens (tertiary/aromatic N) is 1. The third kappa shape index (κ3) is 4.92. The third-order valence-electron chi connectivity index (χ3n) is 5.25. The van der Waals surface area contributed by atoms with E-state index in [0.29, 0.717) is 17.7 Å². The van der Waals surface area contributed by atoms with Gasteiger partial charge in [0.15, 0.2) is 0 Å². The lowest BCUT2D eigenvalue weighted by molar-refractivity contribution is 0.101. The number of benzene rings is 1. The van der Waals surface area contributed by atoms with Gasteiger partial charge >= 0.3 is 0 Å². The first-order valence-electron chi connectivity index (χ1n) is 8.60. The number of phenolic OH excluding ortho intramolecular Hbond substituents is 1. The Bertz CT molecular complexity index is 497. The molecule has 2 fully saturated rings. The van der Waals surface area contributed by atoms with Crippen molar-refractivity contribution in [2.45, 2.75) is 45.1 Å². The van der Waals surface area contributed by atoms with Crippen LogP contribution in [-0.2, 0) is 0 Å². The fraction of sp³-hybridized carbons (Fsp3) is 0.667. The maximum Gasteiger partial charge on any atom is 0.123 e. The maximum atomic E-state index is 10.7. The van der Waals surface area contributed by atoms with Crippen LogP contribution in [0.25, 0.3) is 0 Å². The van der Waals surface area contributed by atoms with Crippen LogP contribution in [0.5, 0.6) is 5.75 Å². The van der Waals surface area contributed by atoms with Crippen molar-refractivity contribution in [3.05, 3.63) is 28.3 Å². The quantitative estimate of drug-likeness (QED) is 0.777. The summed E-state index contributed by atoms with van der Waals surface area (Å²) in [5.74, 6) is 1.08. The molecule has 0 amide bonds. The molecule has 1 aromatic carbocycles. The van der Waals surface area contributed by atoms with Gasteiger partial charge in [0, 0.05) is 42.8 Å². The van der Waals surface area contributed by atoms with Crippen molar-refractivity contribution in [1.29, 1.82) is 0 Å². The summed E-state index contributed by atoms with van der Waals surface area (Å²) >= 11 is 6.30. The first-order chi connectivity index (χ1) is 10.7. The number of hydrogen-bond donors (Lipinski definition) is 2. The molecule has 24 heavy (non-hydrogen) atoms. The molecular weight excluding hydrogens is 367 g/mol. The summed E-state index contributed by atoms with van der Waals surface area (Å²) in [6.45, 7) is 6.10. The molecule has 1 atom stereocenters. The predicted molar refractivity (Wildman–Crippen MR) is 106 cm³/mol. The van der Waals surface area contributed by atoms with Crippen LogP contribution in [0.2, 0.25) is 5.02 Å². The van der Waals surface area contributed by atoms with Crippen molar-refractivity contribution < 1.29 is 5.11 Å². The molecule has 6 heteroatoms. The van der Waals surface area contributed by atoms with Crippen molar-refractivity contribution in [3.63, 3.8) is 0 Å². The number of rotatable bonds is 3. The molecule has 3 nitrogen and oxygen atoms in total. The summed E-state index contributed by atoms with van der Waals surface area (Å²) in [4.78, 5) is 2.55. The van der Waals surface area contributed by atoms with Crippen molar-refractivity contribution in [2.24, 2.45) is 5.92 Å². The lowest BCUT2D eigenvalue weighted by Crippen LogP contribution is -2.47. The topological polar surface area (TPSA) is 35.5 Å². The Morgan fingerprint density at radius 2 is 1.75 bits per heavy atom. The number of phenols is 1. The van der Waals surface area contributed by atoms with Gasteiger partial charge in [0.05, 0.1) is 0 Å². The average molecular weight is 396 g/mol. The zero-order valence-corrected chi connectivity index (χ0v) is 16.7. The Morgan fingerprint density at radius 1 is 1.12 bits per heavy atom. The van der Waals surface area contributed by atoms with Gasteiger partial charge in [-0.2, -0.15) is 0 Å². The highest BCUT2D eigenvalue weighted by atomic mass is 35.5. The van der Waals surface area contributed by atoms with Gasteiger partial charge in [-0.1, -0.05) is 30.9 Å². The van der Waals surface area contributed by atoms with Crippen LogP contribution in [0.15, 0.2) is 12.1 Å². The molecule has 1 heterocycles. The van der Waals surface area contributed by atoms with Crippen LogP contribution in [0.1, 0.15) is 49.3 Å². The van der Waals surface area contributed by atoms with E-state index >= 15 is 0 Å². The lowest BCUT2D eigenvalue weighted by atomic mass is 9.79. The van der Waals surface area contributed by atoms with E-state index in [2.05, 4.69) is 10.2 Å². The molecule has 0 radical (unpaired) electrons. The van der Waals surface area contributed by atoms with Gasteiger partial charge in [0.2, 0.25) is 0 Å². The van der Waals surface area contributed by atoms with E-state index in [9.17, 15) is 5.11 Å². The fourth-order valence-electron chi connectivity index (χ4n) is 4.15. The molecule has 1 aromatic rings. The van der Waals surface area contributed by atoms with Gasteiger partial charge in [0.1, 0.15) is 5.75 Å². The van der Waals surface area contributed by atoms with Gasteiger partial charge < -0.3 is 10.4 Å². The molecule has 0 unspecified atom stereocenters. The lowest BCUT2D eigenvalue weighted by Gasteiger charge is -2.41. The van der Waals surface area contributed by atoms with Gasteiger partial charge in [-0.05, 0) is 43.4 Å². The van der Waals surface area contributed by atoms with Crippen molar-refractivity contribution in [3.8, 4) is 5.75 Å². The summed E-state index contributed by atoms with van der Waals surface area (Å²) in [6.07, 6.45) is 6.51. The molecule has 0 aromatic heterocycles. The highest BCUT2D eigenvalue weighted by Gasteiger charge is 2.33. The Kier molecular flexibility index (Phi) is 9.18. The Balaban J connectivity index is 0.00000144. The molecule has 1 aliphatic heterocycles. The molecule has 1 saturated heterocycles. The van der Waals surface area contributed by atoms with Crippen molar-refractivity contribution >= 4 is 36.4 Å². The summed E-state index contributed by atoms with van der Waals surface area (Å²) in [7, 11) is 0.